The molecule has 1 aliphatic carbocycles. The molecule has 2 atom stereocenters. The van der Waals surface area contributed by atoms with Crippen molar-refractivity contribution in [3.63, 3.8) is 0 Å². The largest absolute Gasteiger partial charge is 0.489 e. The number of nitrogens with one attached hydrogen (secondary N) is 4. The molecule has 3 aromatic rings. The molecule has 6 rings (SSSR count). The number of aromatic amines is 1. The van der Waals surface area contributed by atoms with Gasteiger partial charge in [-0.1, -0.05) is 35.4 Å². The van der Waals surface area contributed by atoms with E-state index < -0.39 is 0 Å². The van der Waals surface area contributed by atoms with Crippen molar-refractivity contribution < 1.29 is 4.74 Å². The molecule has 2 unspecified atom stereocenters. The third kappa shape index (κ3) is 4.01. The van der Waals surface area contributed by atoms with Gasteiger partial charge >= 0.3 is 0 Å². The van der Waals surface area contributed by atoms with Crippen LogP contribution in [-0.4, -0.2) is 43.3 Å². The van der Waals surface area contributed by atoms with E-state index in [0.717, 1.165) is 69.4 Å². The first-order chi connectivity index (χ1) is 16.2. The summed E-state index contributed by atoms with van der Waals surface area (Å²) < 4.78 is 6.49. The van der Waals surface area contributed by atoms with Gasteiger partial charge in [0.25, 0.3) is 0 Å². The first-order valence-corrected chi connectivity index (χ1v) is 12.6. The van der Waals surface area contributed by atoms with Crippen molar-refractivity contribution in [3.8, 4) is 5.75 Å². The lowest BCUT2D eigenvalue weighted by Gasteiger charge is -2.23. The van der Waals surface area contributed by atoms with Gasteiger partial charge in [-0.05, 0) is 74.8 Å². The van der Waals surface area contributed by atoms with Gasteiger partial charge in [0.2, 0.25) is 0 Å². The number of hydrogen-bond acceptors (Lipinski definition) is 4. The van der Waals surface area contributed by atoms with Gasteiger partial charge in [-0.25, -0.2) is 0 Å². The van der Waals surface area contributed by atoms with Crippen molar-refractivity contribution in [3.05, 3.63) is 58.1 Å². The van der Waals surface area contributed by atoms with Crippen LogP contribution in [0.15, 0.2) is 47.5 Å². The molecule has 3 heterocycles. The van der Waals surface area contributed by atoms with Gasteiger partial charge in [0.05, 0.1) is 23.9 Å². The van der Waals surface area contributed by atoms with Crippen LogP contribution < -0.4 is 20.7 Å². The van der Waals surface area contributed by atoms with Gasteiger partial charge < -0.3 is 25.7 Å². The van der Waals surface area contributed by atoms with Gasteiger partial charge in [-0.2, -0.15) is 0 Å². The summed E-state index contributed by atoms with van der Waals surface area (Å²) in [5.41, 5.74) is 4.36. The number of aromatic nitrogens is 1. The molecule has 1 fully saturated rings. The van der Waals surface area contributed by atoms with Gasteiger partial charge in [0.1, 0.15) is 0 Å². The number of fused-ring (bicyclic) bond motifs is 6. The van der Waals surface area contributed by atoms with Crippen molar-refractivity contribution in [2.45, 2.75) is 37.3 Å². The van der Waals surface area contributed by atoms with Crippen molar-refractivity contribution in [1.82, 2.24) is 15.6 Å². The zero-order valence-electron chi connectivity index (χ0n) is 18.4. The second-order valence-corrected chi connectivity index (χ2v) is 10.1. The molecule has 0 saturated carbocycles. The van der Waals surface area contributed by atoms with Crippen LogP contribution in [0, 0.1) is 0 Å². The molecule has 0 bridgehead atoms. The number of allylic oxidation sites excluding steroid dienone is 2. The topological polar surface area (TPSA) is 61.1 Å². The van der Waals surface area contributed by atoms with Crippen LogP contribution in [0.2, 0.25) is 5.02 Å². The summed E-state index contributed by atoms with van der Waals surface area (Å²) in [5, 5.41) is 14.5. The number of rotatable bonds is 6. The number of benzene rings is 2. The number of halogens is 2. The van der Waals surface area contributed by atoms with E-state index in [1.54, 1.807) is 0 Å². The van der Waals surface area contributed by atoms with Crippen molar-refractivity contribution in [1.29, 1.82) is 0 Å². The molecule has 33 heavy (non-hydrogen) atoms. The summed E-state index contributed by atoms with van der Waals surface area (Å²) in [6, 6.07) is 9.05. The van der Waals surface area contributed by atoms with Crippen molar-refractivity contribution in [2.75, 3.05) is 31.6 Å². The molecule has 1 aromatic heterocycles. The molecular weight excluding hydrogens is 455 g/mol. The summed E-state index contributed by atoms with van der Waals surface area (Å²) in [7, 11) is 0. The zero-order chi connectivity index (χ0) is 22.4. The van der Waals surface area contributed by atoms with E-state index >= 15 is 0 Å². The first kappa shape index (κ1) is 21.4. The number of ether oxygens (including phenoxy) is 1. The number of piperidine rings is 1. The van der Waals surface area contributed by atoms with E-state index in [1.165, 1.54) is 18.4 Å². The van der Waals surface area contributed by atoms with Gasteiger partial charge in [-0.3, -0.25) is 0 Å². The van der Waals surface area contributed by atoms with E-state index in [0.29, 0.717) is 12.6 Å². The van der Waals surface area contributed by atoms with Crippen LogP contribution in [0.1, 0.15) is 30.7 Å². The minimum Gasteiger partial charge on any atom is -0.489 e. The maximum absolute atomic E-state index is 6.49. The predicted molar refractivity (Wildman–Crippen MR) is 138 cm³/mol. The molecule has 172 valence electrons. The number of H-pyrrole nitrogens is 1. The molecule has 1 saturated heterocycles. The summed E-state index contributed by atoms with van der Waals surface area (Å²) >= 11 is 12.7. The molecular formula is C26H28Cl2N4O. The van der Waals surface area contributed by atoms with Crippen LogP contribution in [0.4, 0.5) is 5.69 Å². The normalized spacial score (nSPS) is 22.3. The first-order valence-electron chi connectivity index (χ1n) is 11.8. The third-order valence-corrected chi connectivity index (χ3v) is 7.53. The minimum absolute atomic E-state index is 0.188. The molecule has 2 aliphatic heterocycles. The Labute approximate surface area is 203 Å². The zero-order valence-corrected chi connectivity index (χ0v) is 19.9. The van der Waals surface area contributed by atoms with Gasteiger partial charge in [0, 0.05) is 38.3 Å². The Bertz CT molecular complexity index is 1260. The smallest absolute Gasteiger partial charge is 0.166 e. The van der Waals surface area contributed by atoms with Crippen LogP contribution in [0.3, 0.4) is 0 Å². The molecule has 7 heteroatoms. The third-order valence-electron chi connectivity index (χ3n) is 7.04. The highest BCUT2D eigenvalue weighted by molar-refractivity contribution is 6.32. The summed E-state index contributed by atoms with van der Waals surface area (Å²) in [4.78, 5) is 3.58. The molecule has 5 nitrogen and oxygen atoms in total. The Kier molecular flexibility index (Phi) is 5.75. The van der Waals surface area contributed by atoms with Crippen molar-refractivity contribution in [2.24, 2.45) is 0 Å². The second-order valence-electron chi connectivity index (χ2n) is 9.19. The Morgan fingerprint density at radius 1 is 1.09 bits per heavy atom. The van der Waals surface area contributed by atoms with E-state index in [1.807, 2.05) is 24.3 Å². The maximum atomic E-state index is 6.49. The fourth-order valence-corrected chi connectivity index (χ4v) is 5.75. The fraction of sp³-hybridized carbons (Fsp3) is 0.385. The maximum Gasteiger partial charge on any atom is 0.166 e. The molecule has 2 aromatic carbocycles. The lowest BCUT2D eigenvalue weighted by atomic mass is 9.90. The summed E-state index contributed by atoms with van der Waals surface area (Å²) in [6.07, 6.45) is 9.59. The lowest BCUT2D eigenvalue weighted by Crippen LogP contribution is -2.40. The standard InChI is InChI=1S/C26H28Cl2N4O/c27-15-2-4-22-18(12-15)20-14-21-19-13-16(28)3-5-23(19)32-25(21)26(24(20)31-22)33-11-1-8-30-17-6-9-29-10-7-17/h2-5,12-14,17-18,22,29-32H,1,6-11H2. The molecule has 0 spiro atoms. The molecule has 3 aliphatic rings. The monoisotopic (exact) mass is 482 g/mol. The minimum atomic E-state index is 0.188. The van der Waals surface area contributed by atoms with E-state index in [-0.39, 0.29) is 12.0 Å². The van der Waals surface area contributed by atoms with Crippen LogP contribution in [-0.2, 0) is 0 Å². The van der Waals surface area contributed by atoms with Crippen LogP contribution in [0.5, 0.6) is 5.75 Å². The average molecular weight is 483 g/mol. The highest BCUT2D eigenvalue weighted by Crippen LogP contribution is 2.49. The Morgan fingerprint density at radius 3 is 2.85 bits per heavy atom. The second kappa shape index (κ2) is 8.88. The van der Waals surface area contributed by atoms with E-state index in [4.69, 9.17) is 27.9 Å². The van der Waals surface area contributed by atoms with E-state index in [2.05, 4.69) is 39.2 Å². The average Bonchev–Trinajstić information content (AvgIpc) is 3.37. The predicted octanol–water partition coefficient (Wildman–Crippen LogP) is 5.66. The van der Waals surface area contributed by atoms with Gasteiger partial charge in [0.15, 0.2) is 5.75 Å². The number of hydrogen-bond donors (Lipinski definition) is 4. The SMILES string of the molecule is ClC1=CC2c3cc4c([nH]c5ccc(Cl)cc54)c(OCCCNC4CCNCC4)c3NC2C=C1. The Balaban J connectivity index is 1.31. The van der Waals surface area contributed by atoms with Crippen molar-refractivity contribution >= 4 is 50.7 Å². The number of anilines is 1. The Morgan fingerprint density at radius 2 is 1.97 bits per heavy atom. The molecule has 0 radical (unpaired) electrons. The highest BCUT2D eigenvalue weighted by atomic mass is 35.5. The lowest BCUT2D eigenvalue weighted by molar-refractivity contribution is 0.302. The van der Waals surface area contributed by atoms with Crippen LogP contribution >= 0.6 is 23.2 Å². The fourth-order valence-electron chi connectivity index (χ4n) is 5.37. The van der Waals surface area contributed by atoms with Crippen LogP contribution in [0.25, 0.3) is 21.8 Å². The quantitative estimate of drug-likeness (QED) is 0.342. The van der Waals surface area contributed by atoms with E-state index in [9.17, 15) is 0 Å². The molecule has 0 amide bonds. The Hall–Kier alpha value is -2.18. The van der Waals surface area contributed by atoms with Gasteiger partial charge in [-0.15, -0.1) is 0 Å². The summed E-state index contributed by atoms with van der Waals surface area (Å²) in [6.45, 7) is 3.83. The summed E-state index contributed by atoms with van der Waals surface area (Å²) in [5.74, 6) is 1.08. The highest BCUT2D eigenvalue weighted by Gasteiger charge is 2.35. The molecule has 4 N–H and O–H groups in total.